The Hall–Kier alpha value is -1.23. The van der Waals surface area contributed by atoms with E-state index in [-0.39, 0.29) is 11.9 Å². The van der Waals surface area contributed by atoms with Crippen LogP contribution in [0.15, 0.2) is 12.0 Å². The number of amides is 1. The third-order valence-corrected chi connectivity index (χ3v) is 3.30. The van der Waals surface area contributed by atoms with Crippen LogP contribution in [-0.4, -0.2) is 49.7 Å². The summed E-state index contributed by atoms with van der Waals surface area (Å²) in [6.07, 6.45) is 4.59. The predicted octanol–water partition coefficient (Wildman–Crippen LogP) is 0.865. The molecule has 0 saturated carbocycles. The maximum Gasteiger partial charge on any atom is 0.292 e. The Bertz CT molecular complexity index is 311. The summed E-state index contributed by atoms with van der Waals surface area (Å²) in [6, 6.07) is 0.276. The lowest BCUT2D eigenvalue weighted by Gasteiger charge is -2.35. The van der Waals surface area contributed by atoms with E-state index in [4.69, 9.17) is 9.47 Å². The van der Waals surface area contributed by atoms with Crippen molar-refractivity contribution in [1.29, 1.82) is 0 Å². The monoisotopic (exact) mass is 254 g/mol. The zero-order chi connectivity index (χ0) is 12.8. The van der Waals surface area contributed by atoms with Crippen molar-refractivity contribution in [2.24, 2.45) is 0 Å². The first kappa shape index (κ1) is 13.2. The standard InChI is InChI=1S/C13H22N2O3/c1-2-6-15(11-4-3-5-14-9-11)13(16)12-10-17-7-8-18-12/h10-11,14H,2-9H2,1H3. The highest BCUT2D eigenvalue weighted by molar-refractivity contribution is 5.91. The van der Waals surface area contributed by atoms with Crippen molar-refractivity contribution in [3.8, 4) is 0 Å². The summed E-state index contributed by atoms with van der Waals surface area (Å²) in [6.45, 7) is 5.76. The quantitative estimate of drug-likeness (QED) is 0.808. The molecule has 1 saturated heterocycles. The van der Waals surface area contributed by atoms with Gasteiger partial charge in [0.1, 0.15) is 19.5 Å². The fourth-order valence-electron chi connectivity index (χ4n) is 2.41. The number of nitrogens with one attached hydrogen (secondary N) is 1. The second kappa shape index (κ2) is 6.64. The van der Waals surface area contributed by atoms with Crippen LogP contribution in [0.2, 0.25) is 0 Å². The van der Waals surface area contributed by atoms with E-state index >= 15 is 0 Å². The predicted molar refractivity (Wildman–Crippen MR) is 67.9 cm³/mol. The van der Waals surface area contributed by atoms with Crippen LogP contribution in [0.5, 0.6) is 0 Å². The molecule has 0 aromatic rings. The molecule has 1 unspecified atom stereocenters. The Labute approximate surface area is 108 Å². The lowest BCUT2D eigenvalue weighted by molar-refractivity contribution is -0.135. The van der Waals surface area contributed by atoms with Crippen LogP contribution in [0, 0.1) is 0 Å². The Morgan fingerprint density at radius 1 is 1.56 bits per heavy atom. The molecule has 0 radical (unpaired) electrons. The summed E-state index contributed by atoms with van der Waals surface area (Å²) in [5, 5.41) is 3.35. The normalized spacial score (nSPS) is 23.6. The van der Waals surface area contributed by atoms with Crippen LogP contribution in [-0.2, 0) is 14.3 Å². The second-order valence-corrected chi connectivity index (χ2v) is 4.70. The first-order valence-corrected chi connectivity index (χ1v) is 6.79. The van der Waals surface area contributed by atoms with Crippen molar-refractivity contribution in [3.05, 3.63) is 12.0 Å². The summed E-state index contributed by atoms with van der Waals surface area (Å²) < 4.78 is 10.6. The summed E-state index contributed by atoms with van der Waals surface area (Å²) in [5.74, 6) is 0.311. The number of hydrogen-bond donors (Lipinski definition) is 1. The van der Waals surface area contributed by atoms with E-state index in [1.54, 1.807) is 0 Å². The summed E-state index contributed by atoms with van der Waals surface area (Å²) >= 11 is 0. The number of carbonyl (C=O) groups excluding carboxylic acids is 1. The molecule has 2 heterocycles. The van der Waals surface area contributed by atoms with Gasteiger partial charge in [-0.05, 0) is 25.8 Å². The molecular weight excluding hydrogens is 232 g/mol. The van der Waals surface area contributed by atoms with Crippen molar-refractivity contribution < 1.29 is 14.3 Å². The fourth-order valence-corrected chi connectivity index (χ4v) is 2.41. The van der Waals surface area contributed by atoms with Gasteiger partial charge in [-0.3, -0.25) is 4.79 Å². The summed E-state index contributed by atoms with van der Waals surface area (Å²) in [7, 11) is 0. The SMILES string of the molecule is CCCN(C(=O)C1=COCCO1)C1CCCNC1. The zero-order valence-corrected chi connectivity index (χ0v) is 11.0. The Morgan fingerprint density at radius 2 is 2.44 bits per heavy atom. The van der Waals surface area contributed by atoms with E-state index in [1.165, 1.54) is 6.26 Å². The maximum atomic E-state index is 12.4. The van der Waals surface area contributed by atoms with Gasteiger partial charge in [0.15, 0.2) is 0 Å². The van der Waals surface area contributed by atoms with Gasteiger partial charge in [0, 0.05) is 19.1 Å². The van der Waals surface area contributed by atoms with Crippen molar-refractivity contribution in [1.82, 2.24) is 10.2 Å². The van der Waals surface area contributed by atoms with Gasteiger partial charge < -0.3 is 19.7 Å². The topological polar surface area (TPSA) is 50.8 Å². The minimum Gasteiger partial charge on any atom is -0.494 e. The number of ether oxygens (including phenoxy) is 2. The highest BCUT2D eigenvalue weighted by atomic mass is 16.6. The van der Waals surface area contributed by atoms with Crippen molar-refractivity contribution in [2.45, 2.75) is 32.2 Å². The second-order valence-electron chi connectivity index (χ2n) is 4.70. The van der Waals surface area contributed by atoms with Crippen LogP contribution in [0.3, 0.4) is 0 Å². The van der Waals surface area contributed by atoms with E-state index in [1.807, 2.05) is 4.90 Å². The van der Waals surface area contributed by atoms with Crippen molar-refractivity contribution in [3.63, 3.8) is 0 Å². The molecule has 2 aliphatic heterocycles. The van der Waals surface area contributed by atoms with E-state index < -0.39 is 0 Å². The number of nitrogens with zero attached hydrogens (tertiary/aromatic N) is 1. The highest BCUT2D eigenvalue weighted by Crippen LogP contribution is 2.16. The molecule has 1 N–H and O–H groups in total. The van der Waals surface area contributed by atoms with Gasteiger partial charge in [-0.1, -0.05) is 6.92 Å². The van der Waals surface area contributed by atoms with Crippen LogP contribution in [0.4, 0.5) is 0 Å². The van der Waals surface area contributed by atoms with E-state index in [9.17, 15) is 4.79 Å². The molecule has 0 bridgehead atoms. The minimum atomic E-state index is -0.0368. The number of rotatable bonds is 4. The molecule has 0 spiro atoms. The number of piperidine rings is 1. The molecule has 1 atom stereocenters. The van der Waals surface area contributed by atoms with Gasteiger partial charge in [-0.15, -0.1) is 0 Å². The summed E-state index contributed by atoms with van der Waals surface area (Å²) in [5.41, 5.74) is 0. The van der Waals surface area contributed by atoms with Gasteiger partial charge in [-0.2, -0.15) is 0 Å². The lowest BCUT2D eigenvalue weighted by atomic mass is 10.1. The Morgan fingerprint density at radius 3 is 3.06 bits per heavy atom. The van der Waals surface area contributed by atoms with Crippen LogP contribution >= 0.6 is 0 Å². The minimum absolute atomic E-state index is 0.0368. The molecular formula is C13H22N2O3. The molecule has 1 amide bonds. The molecule has 5 heteroatoms. The molecule has 0 aliphatic carbocycles. The maximum absolute atomic E-state index is 12.4. The first-order chi connectivity index (χ1) is 8.83. The third kappa shape index (κ3) is 3.16. The molecule has 0 aromatic heterocycles. The highest BCUT2D eigenvalue weighted by Gasteiger charge is 2.28. The third-order valence-electron chi connectivity index (χ3n) is 3.30. The fraction of sp³-hybridized carbons (Fsp3) is 0.769. The first-order valence-electron chi connectivity index (χ1n) is 6.79. The molecule has 1 fully saturated rings. The van der Waals surface area contributed by atoms with E-state index in [0.29, 0.717) is 19.0 Å². The van der Waals surface area contributed by atoms with E-state index in [0.717, 1.165) is 38.9 Å². The van der Waals surface area contributed by atoms with Gasteiger partial charge in [0.2, 0.25) is 5.76 Å². The van der Waals surface area contributed by atoms with E-state index in [2.05, 4.69) is 12.2 Å². The average molecular weight is 254 g/mol. The van der Waals surface area contributed by atoms with Gasteiger partial charge in [0.05, 0.1) is 0 Å². The molecule has 18 heavy (non-hydrogen) atoms. The van der Waals surface area contributed by atoms with Crippen LogP contribution in [0.25, 0.3) is 0 Å². The van der Waals surface area contributed by atoms with Crippen molar-refractivity contribution >= 4 is 5.91 Å². The zero-order valence-electron chi connectivity index (χ0n) is 11.0. The molecule has 0 aromatic carbocycles. The molecule has 2 aliphatic rings. The number of hydrogen-bond acceptors (Lipinski definition) is 4. The Kier molecular flexibility index (Phi) is 4.87. The van der Waals surface area contributed by atoms with Crippen LogP contribution in [0.1, 0.15) is 26.2 Å². The van der Waals surface area contributed by atoms with Gasteiger partial charge in [0.25, 0.3) is 5.91 Å². The van der Waals surface area contributed by atoms with Crippen molar-refractivity contribution in [2.75, 3.05) is 32.8 Å². The Balaban J connectivity index is 2.03. The van der Waals surface area contributed by atoms with Gasteiger partial charge >= 0.3 is 0 Å². The van der Waals surface area contributed by atoms with Gasteiger partial charge in [-0.25, -0.2) is 0 Å². The molecule has 5 nitrogen and oxygen atoms in total. The summed E-state index contributed by atoms with van der Waals surface area (Å²) in [4.78, 5) is 14.3. The smallest absolute Gasteiger partial charge is 0.292 e. The largest absolute Gasteiger partial charge is 0.494 e. The lowest BCUT2D eigenvalue weighted by Crippen LogP contribution is -2.49. The average Bonchev–Trinajstić information content (AvgIpc) is 2.46. The molecule has 2 rings (SSSR count). The molecule has 102 valence electrons. The van der Waals surface area contributed by atoms with Crippen LogP contribution < -0.4 is 5.32 Å². The number of carbonyl (C=O) groups is 1.